The second-order valence-electron chi connectivity index (χ2n) is 5.29. The van der Waals surface area contributed by atoms with E-state index in [9.17, 15) is 14.5 Å². The number of hydrogen-bond acceptors (Lipinski definition) is 4. The first-order valence-electron chi connectivity index (χ1n) is 7.02. The minimum absolute atomic E-state index is 0.226. The van der Waals surface area contributed by atoms with Gasteiger partial charge in [-0.15, -0.1) is 0 Å². The lowest BCUT2D eigenvalue weighted by Crippen LogP contribution is -2.27. The van der Waals surface area contributed by atoms with Gasteiger partial charge in [-0.05, 0) is 24.1 Å². The van der Waals surface area contributed by atoms with Crippen LogP contribution in [0.4, 0.5) is 15.8 Å². The summed E-state index contributed by atoms with van der Waals surface area (Å²) in [5.41, 5.74) is 1.16. The zero-order valence-corrected chi connectivity index (χ0v) is 11.8. The molecular formula is C16H15FN2O3. The predicted molar refractivity (Wildman–Crippen MR) is 80.7 cm³/mol. The second kappa shape index (κ2) is 6.01. The number of ether oxygens (including phenoxy) is 1. The van der Waals surface area contributed by atoms with Gasteiger partial charge in [0.25, 0.3) is 5.69 Å². The summed E-state index contributed by atoms with van der Waals surface area (Å²) < 4.78 is 19.5. The molecule has 0 saturated carbocycles. The summed E-state index contributed by atoms with van der Waals surface area (Å²) in [6.07, 6.45) is 0.859. The lowest BCUT2D eigenvalue weighted by atomic mass is 9.96. The van der Waals surface area contributed by atoms with Gasteiger partial charge in [0.2, 0.25) is 0 Å². The van der Waals surface area contributed by atoms with Crippen LogP contribution in [0.25, 0.3) is 0 Å². The van der Waals surface area contributed by atoms with Crippen molar-refractivity contribution in [1.82, 2.24) is 0 Å². The fraction of sp³-hybridized carbons (Fsp3) is 0.250. The van der Waals surface area contributed by atoms with Crippen LogP contribution in [0.2, 0.25) is 0 Å². The van der Waals surface area contributed by atoms with E-state index in [-0.39, 0.29) is 17.3 Å². The molecule has 6 heteroatoms. The molecule has 2 aromatic rings. The monoisotopic (exact) mass is 302 g/mol. The van der Waals surface area contributed by atoms with E-state index in [2.05, 4.69) is 5.32 Å². The standard InChI is InChI=1S/C16H15FN2O3/c17-14-8-13(19(20)21)5-6-15(14)18-9-11-7-12-3-1-2-4-16(12)22-10-11/h1-6,8,11,18H,7,9-10H2/t11-/m0/s1. The van der Waals surface area contributed by atoms with Crippen molar-refractivity contribution < 1.29 is 14.1 Å². The van der Waals surface area contributed by atoms with Crippen LogP contribution in [0.15, 0.2) is 42.5 Å². The molecule has 0 aliphatic carbocycles. The quantitative estimate of drug-likeness (QED) is 0.694. The minimum Gasteiger partial charge on any atom is -0.493 e. The summed E-state index contributed by atoms with van der Waals surface area (Å²) in [5.74, 6) is 0.510. The van der Waals surface area contributed by atoms with Crippen molar-refractivity contribution in [1.29, 1.82) is 0 Å². The predicted octanol–water partition coefficient (Wildman–Crippen LogP) is 3.40. The highest BCUT2D eigenvalue weighted by molar-refractivity contribution is 5.50. The zero-order valence-electron chi connectivity index (χ0n) is 11.8. The van der Waals surface area contributed by atoms with Crippen molar-refractivity contribution in [3.63, 3.8) is 0 Å². The molecule has 0 spiro atoms. The molecule has 0 saturated heterocycles. The Bertz CT molecular complexity index is 706. The molecule has 1 aliphatic heterocycles. The average molecular weight is 302 g/mol. The van der Waals surface area contributed by atoms with Gasteiger partial charge in [0.1, 0.15) is 5.75 Å². The third-order valence-electron chi connectivity index (χ3n) is 3.70. The summed E-state index contributed by atoms with van der Waals surface area (Å²) >= 11 is 0. The normalized spacial score (nSPS) is 16.5. The molecule has 0 bridgehead atoms. The lowest BCUT2D eigenvalue weighted by Gasteiger charge is -2.25. The smallest absolute Gasteiger partial charge is 0.272 e. The summed E-state index contributed by atoms with van der Waals surface area (Å²) in [5, 5.41) is 13.6. The van der Waals surface area contributed by atoms with E-state index < -0.39 is 10.7 Å². The lowest BCUT2D eigenvalue weighted by molar-refractivity contribution is -0.385. The second-order valence-corrected chi connectivity index (χ2v) is 5.29. The molecule has 1 atom stereocenters. The minimum atomic E-state index is -0.619. The van der Waals surface area contributed by atoms with Crippen molar-refractivity contribution >= 4 is 11.4 Å². The molecule has 0 radical (unpaired) electrons. The largest absolute Gasteiger partial charge is 0.493 e. The van der Waals surface area contributed by atoms with E-state index in [1.807, 2.05) is 24.3 Å². The average Bonchev–Trinajstić information content (AvgIpc) is 2.53. The van der Waals surface area contributed by atoms with Crippen molar-refractivity contribution in [2.24, 2.45) is 5.92 Å². The number of halogens is 1. The number of rotatable bonds is 4. The van der Waals surface area contributed by atoms with Crippen LogP contribution in [0.3, 0.4) is 0 Å². The van der Waals surface area contributed by atoms with Gasteiger partial charge in [-0.1, -0.05) is 18.2 Å². The van der Waals surface area contributed by atoms with Crippen LogP contribution >= 0.6 is 0 Å². The third kappa shape index (κ3) is 3.00. The number of nitrogens with zero attached hydrogens (tertiary/aromatic N) is 1. The zero-order chi connectivity index (χ0) is 15.5. The maximum Gasteiger partial charge on any atom is 0.272 e. The van der Waals surface area contributed by atoms with E-state index in [4.69, 9.17) is 4.74 Å². The molecule has 1 aliphatic rings. The fourth-order valence-electron chi connectivity index (χ4n) is 2.54. The molecule has 1 heterocycles. The maximum absolute atomic E-state index is 13.8. The molecule has 1 N–H and O–H groups in total. The van der Waals surface area contributed by atoms with Gasteiger partial charge < -0.3 is 10.1 Å². The first kappa shape index (κ1) is 14.3. The number of anilines is 1. The van der Waals surface area contributed by atoms with E-state index in [0.29, 0.717) is 13.2 Å². The Morgan fingerprint density at radius 3 is 2.91 bits per heavy atom. The molecule has 0 aromatic heterocycles. The number of para-hydroxylation sites is 1. The van der Waals surface area contributed by atoms with Gasteiger partial charge in [-0.3, -0.25) is 10.1 Å². The van der Waals surface area contributed by atoms with Gasteiger partial charge >= 0.3 is 0 Å². The van der Waals surface area contributed by atoms with Gasteiger partial charge in [0.05, 0.1) is 23.3 Å². The van der Waals surface area contributed by atoms with Crippen molar-refractivity contribution in [3.05, 3.63) is 64.0 Å². The Kier molecular flexibility index (Phi) is 3.91. The van der Waals surface area contributed by atoms with Crippen LogP contribution in [0.1, 0.15) is 5.56 Å². The van der Waals surface area contributed by atoms with Gasteiger partial charge in [0, 0.05) is 18.5 Å². The van der Waals surface area contributed by atoms with Crippen molar-refractivity contribution in [2.45, 2.75) is 6.42 Å². The molecular weight excluding hydrogens is 287 g/mol. The molecule has 5 nitrogen and oxygen atoms in total. The number of fused-ring (bicyclic) bond motifs is 1. The highest BCUT2D eigenvalue weighted by Gasteiger charge is 2.20. The van der Waals surface area contributed by atoms with Gasteiger partial charge in [0.15, 0.2) is 5.82 Å². The Labute approximate surface area is 126 Å². The first-order chi connectivity index (χ1) is 10.6. The van der Waals surface area contributed by atoms with E-state index in [0.717, 1.165) is 23.8 Å². The molecule has 3 rings (SSSR count). The molecule has 2 aromatic carbocycles. The van der Waals surface area contributed by atoms with Crippen LogP contribution in [0, 0.1) is 21.8 Å². The number of nitrogens with one attached hydrogen (secondary N) is 1. The van der Waals surface area contributed by atoms with Crippen LogP contribution in [0.5, 0.6) is 5.75 Å². The van der Waals surface area contributed by atoms with Crippen molar-refractivity contribution in [2.75, 3.05) is 18.5 Å². The Balaban J connectivity index is 1.63. The van der Waals surface area contributed by atoms with Gasteiger partial charge in [-0.2, -0.15) is 0 Å². The highest BCUT2D eigenvalue weighted by Crippen LogP contribution is 2.27. The SMILES string of the molecule is O=[N+]([O-])c1ccc(NC[C@H]2COc3ccccc3C2)c(F)c1. The number of benzene rings is 2. The number of hydrogen-bond donors (Lipinski definition) is 1. The molecule has 0 fully saturated rings. The summed E-state index contributed by atoms with van der Waals surface area (Å²) in [6, 6.07) is 11.5. The Hall–Kier alpha value is -2.63. The van der Waals surface area contributed by atoms with Crippen molar-refractivity contribution in [3.8, 4) is 5.75 Å². The van der Waals surface area contributed by atoms with E-state index in [1.54, 1.807) is 0 Å². The molecule has 0 amide bonds. The Morgan fingerprint density at radius 2 is 2.14 bits per heavy atom. The molecule has 22 heavy (non-hydrogen) atoms. The maximum atomic E-state index is 13.8. The van der Waals surface area contributed by atoms with E-state index in [1.165, 1.54) is 12.1 Å². The molecule has 0 unspecified atom stereocenters. The van der Waals surface area contributed by atoms with Crippen LogP contribution in [-0.2, 0) is 6.42 Å². The first-order valence-corrected chi connectivity index (χ1v) is 7.02. The molecule has 114 valence electrons. The fourth-order valence-corrected chi connectivity index (χ4v) is 2.54. The number of nitro benzene ring substituents is 1. The topological polar surface area (TPSA) is 64.4 Å². The van der Waals surface area contributed by atoms with Crippen LogP contribution < -0.4 is 10.1 Å². The highest BCUT2D eigenvalue weighted by atomic mass is 19.1. The Morgan fingerprint density at radius 1 is 1.32 bits per heavy atom. The van der Waals surface area contributed by atoms with Crippen LogP contribution in [-0.4, -0.2) is 18.1 Å². The van der Waals surface area contributed by atoms with Gasteiger partial charge in [-0.25, -0.2) is 4.39 Å². The number of non-ortho nitro benzene ring substituents is 1. The number of nitro groups is 1. The third-order valence-corrected chi connectivity index (χ3v) is 3.70. The summed E-state index contributed by atoms with van der Waals surface area (Å²) in [4.78, 5) is 9.98. The summed E-state index contributed by atoms with van der Waals surface area (Å²) in [7, 11) is 0. The summed E-state index contributed by atoms with van der Waals surface area (Å²) in [6.45, 7) is 1.11. The van der Waals surface area contributed by atoms with E-state index >= 15 is 0 Å².